The molecule has 2 aliphatic heterocycles. The van der Waals surface area contributed by atoms with Crippen molar-refractivity contribution >= 4 is 39.2 Å². The molecule has 7 heteroatoms. The Balaban J connectivity index is 1.35. The molecule has 2 fully saturated rings. The maximum Gasteiger partial charge on any atom is 0.411 e. The molecule has 4 aromatic rings. The molecule has 1 aromatic heterocycles. The van der Waals surface area contributed by atoms with Crippen molar-refractivity contribution in [3.05, 3.63) is 101 Å². The Bertz CT molecular complexity index is 1320. The smallest absolute Gasteiger partial charge is 0.411 e. The summed E-state index contributed by atoms with van der Waals surface area (Å²) in [4.78, 5) is 29.9. The van der Waals surface area contributed by atoms with Crippen LogP contribution in [-0.2, 0) is 10.3 Å². The normalized spacial score (nSPS) is 19.1. The van der Waals surface area contributed by atoms with Gasteiger partial charge in [0.05, 0.1) is 5.69 Å². The second-order valence-electron chi connectivity index (χ2n) is 8.57. The zero-order chi connectivity index (χ0) is 23.1. The Morgan fingerprint density at radius 1 is 0.912 bits per heavy atom. The zero-order valence-corrected chi connectivity index (χ0v) is 19.2. The molecule has 1 unspecified atom stereocenters. The minimum atomic E-state index is -0.992. The molecule has 6 nitrogen and oxygen atoms in total. The number of hydrogen-bond acceptors (Lipinski definition) is 4. The molecule has 0 aliphatic carbocycles. The number of ether oxygens (including phenoxy) is 1. The Morgan fingerprint density at radius 2 is 1.56 bits per heavy atom. The second-order valence-corrected chi connectivity index (χ2v) is 9.48. The van der Waals surface area contributed by atoms with E-state index in [-0.39, 0.29) is 18.2 Å². The van der Waals surface area contributed by atoms with Crippen molar-refractivity contribution in [3.63, 3.8) is 0 Å². The van der Waals surface area contributed by atoms with Crippen LogP contribution < -0.4 is 5.32 Å². The third kappa shape index (κ3) is 3.23. The third-order valence-corrected chi connectivity index (χ3v) is 7.71. The molecule has 3 aromatic carbocycles. The van der Waals surface area contributed by atoms with E-state index < -0.39 is 5.60 Å². The summed E-state index contributed by atoms with van der Waals surface area (Å²) in [5.41, 5.74) is 1.61. The van der Waals surface area contributed by atoms with E-state index >= 15 is 0 Å². The van der Waals surface area contributed by atoms with Gasteiger partial charge in [-0.25, -0.2) is 9.59 Å². The fourth-order valence-corrected chi connectivity index (χ4v) is 6.00. The number of rotatable bonds is 3. The standard InChI is InChI=1S/C27H23N3O3S/c31-25(28-22-18-34-23-14-8-7-13-21(22)23)29-15-16-30-24(17-29)27(33-26(30)32,19-9-3-1-4-10-19)20-11-5-2-6-12-20/h1-14,18,24H,15-17H2,(H,28,31). The van der Waals surface area contributed by atoms with Crippen LogP contribution >= 0.6 is 11.3 Å². The van der Waals surface area contributed by atoms with Crippen LogP contribution in [0.3, 0.4) is 0 Å². The first-order valence-corrected chi connectivity index (χ1v) is 12.2. The van der Waals surface area contributed by atoms with Gasteiger partial charge in [0.1, 0.15) is 6.04 Å². The van der Waals surface area contributed by atoms with E-state index in [9.17, 15) is 9.59 Å². The van der Waals surface area contributed by atoms with Crippen molar-refractivity contribution in [2.45, 2.75) is 11.6 Å². The van der Waals surface area contributed by atoms with Crippen molar-refractivity contribution < 1.29 is 14.3 Å². The number of carbonyl (C=O) groups excluding carboxylic acids is 2. The summed E-state index contributed by atoms with van der Waals surface area (Å²) < 4.78 is 7.32. The molecule has 6 rings (SSSR count). The number of thiophene rings is 1. The topological polar surface area (TPSA) is 61.9 Å². The summed E-state index contributed by atoms with van der Waals surface area (Å²) in [6.45, 7) is 1.23. The highest BCUT2D eigenvalue weighted by Gasteiger charge is 2.58. The van der Waals surface area contributed by atoms with Gasteiger partial charge in [-0.2, -0.15) is 0 Å². The highest BCUT2D eigenvalue weighted by molar-refractivity contribution is 7.17. The molecule has 1 atom stereocenters. The number of nitrogens with zero attached hydrogens (tertiary/aromatic N) is 2. The summed E-state index contributed by atoms with van der Waals surface area (Å²) in [6.07, 6.45) is -0.346. The predicted molar refractivity (Wildman–Crippen MR) is 133 cm³/mol. The van der Waals surface area contributed by atoms with Gasteiger partial charge in [-0.1, -0.05) is 78.9 Å². The first-order valence-electron chi connectivity index (χ1n) is 11.3. The van der Waals surface area contributed by atoms with Gasteiger partial charge in [0.25, 0.3) is 0 Å². The lowest BCUT2D eigenvalue weighted by atomic mass is 9.79. The monoisotopic (exact) mass is 469 g/mol. The Labute approximate surface area is 201 Å². The van der Waals surface area contributed by atoms with Gasteiger partial charge in [0.2, 0.25) is 0 Å². The molecule has 1 N–H and O–H groups in total. The van der Waals surface area contributed by atoms with Crippen LogP contribution in [0.5, 0.6) is 0 Å². The number of piperazine rings is 1. The first-order chi connectivity index (χ1) is 16.7. The van der Waals surface area contributed by atoms with Crippen molar-refractivity contribution in [2.75, 3.05) is 25.0 Å². The van der Waals surface area contributed by atoms with Crippen molar-refractivity contribution in [3.8, 4) is 0 Å². The van der Waals surface area contributed by atoms with Crippen molar-refractivity contribution in [2.24, 2.45) is 0 Å². The number of carbonyl (C=O) groups is 2. The molecule has 2 aliphatic rings. The minimum absolute atomic E-state index is 0.169. The molecular weight excluding hydrogens is 446 g/mol. The first kappa shape index (κ1) is 20.7. The zero-order valence-electron chi connectivity index (χ0n) is 18.4. The minimum Gasteiger partial charge on any atom is -0.431 e. The molecule has 3 heterocycles. The van der Waals surface area contributed by atoms with Gasteiger partial charge >= 0.3 is 12.1 Å². The lowest BCUT2D eigenvalue weighted by Gasteiger charge is -2.42. The number of cyclic esters (lactones) is 1. The molecule has 3 amide bonds. The largest absolute Gasteiger partial charge is 0.431 e. The Kier molecular flexibility index (Phi) is 4.99. The van der Waals surface area contributed by atoms with E-state index in [0.29, 0.717) is 19.6 Å². The van der Waals surface area contributed by atoms with E-state index in [1.54, 1.807) is 21.1 Å². The summed E-state index contributed by atoms with van der Waals surface area (Å²) >= 11 is 1.61. The van der Waals surface area contributed by atoms with E-state index in [1.807, 2.05) is 90.3 Å². The SMILES string of the molecule is O=C(Nc1csc2ccccc12)N1CCN2C(=O)OC(c3ccccc3)(c3ccccc3)C2C1. The fraction of sp³-hybridized carbons (Fsp3) is 0.185. The third-order valence-electron chi connectivity index (χ3n) is 6.75. The van der Waals surface area contributed by atoms with E-state index in [4.69, 9.17) is 4.74 Å². The Hall–Kier alpha value is -3.84. The molecule has 0 radical (unpaired) electrons. The van der Waals surface area contributed by atoms with Crippen LogP contribution in [0.4, 0.5) is 15.3 Å². The second kappa shape index (κ2) is 8.18. The van der Waals surface area contributed by atoms with Crippen LogP contribution in [0.2, 0.25) is 0 Å². The number of amides is 3. The summed E-state index contributed by atoms with van der Waals surface area (Å²) in [5.74, 6) is 0. The van der Waals surface area contributed by atoms with Gasteiger partial charge < -0.3 is 15.0 Å². The maximum atomic E-state index is 13.3. The molecule has 2 saturated heterocycles. The highest BCUT2D eigenvalue weighted by Crippen LogP contribution is 2.45. The molecule has 34 heavy (non-hydrogen) atoms. The number of hydrogen-bond donors (Lipinski definition) is 1. The fourth-order valence-electron chi connectivity index (χ4n) is 5.11. The van der Waals surface area contributed by atoms with Crippen LogP contribution in [0.15, 0.2) is 90.3 Å². The number of nitrogens with one attached hydrogen (secondary N) is 1. The van der Waals surface area contributed by atoms with Gasteiger partial charge in [0.15, 0.2) is 5.60 Å². The molecule has 0 saturated carbocycles. The van der Waals surface area contributed by atoms with Gasteiger partial charge in [-0.05, 0) is 6.07 Å². The number of benzene rings is 3. The summed E-state index contributed by atoms with van der Waals surface area (Å²) in [6, 6.07) is 27.1. The van der Waals surface area contributed by atoms with E-state index in [2.05, 4.69) is 5.32 Å². The van der Waals surface area contributed by atoms with Crippen LogP contribution in [0.1, 0.15) is 11.1 Å². The Morgan fingerprint density at radius 3 is 2.26 bits per heavy atom. The molecule has 0 spiro atoms. The summed E-state index contributed by atoms with van der Waals surface area (Å²) in [7, 11) is 0. The molecule has 170 valence electrons. The highest BCUT2D eigenvalue weighted by atomic mass is 32.1. The van der Waals surface area contributed by atoms with Crippen LogP contribution in [0, 0.1) is 0 Å². The van der Waals surface area contributed by atoms with Crippen molar-refractivity contribution in [1.82, 2.24) is 9.80 Å². The maximum absolute atomic E-state index is 13.3. The summed E-state index contributed by atoms with van der Waals surface area (Å²) in [5, 5.41) is 6.09. The molecular formula is C27H23N3O3S. The van der Waals surface area contributed by atoms with Crippen LogP contribution in [0.25, 0.3) is 10.1 Å². The molecule has 0 bridgehead atoms. The van der Waals surface area contributed by atoms with Crippen molar-refractivity contribution in [1.29, 1.82) is 0 Å². The lowest BCUT2D eigenvalue weighted by Crippen LogP contribution is -2.59. The average Bonchev–Trinajstić information content (AvgIpc) is 3.44. The number of anilines is 1. The average molecular weight is 470 g/mol. The number of fused-ring (bicyclic) bond motifs is 2. The van der Waals surface area contributed by atoms with Gasteiger partial charge in [0, 0.05) is 46.2 Å². The van der Waals surface area contributed by atoms with E-state index in [0.717, 1.165) is 26.9 Å². The predicted octanol–water partition coefficient (Wildman–Crippen LogP) is 5.51. The van der Waals surface area contributed by atoms with Crippen LogP contribution in [-0.4, -0.2) is 47.6 Å². The lowest BCUT2D eigenvalue weighted by molar-refractivity contribution is 0.0525. The number of urea groups is 1. The van der Waals surface area contributed by atoms with E-state index in [1.165, 1.54) is 0 Å². The van der Waals surface area contributed by atoms with Gasteiger partial charge in [-0.3, -0.25) is 4.90 Å². The quantitative estimate of drug-likeness (QED) is 0.430. The van der Waals surface area contributed by atoms with Gasteiger partial charge in [-0.15, -0.1) is 11.3 Å².